The molecule has 7 nitrogen and oxygen atoms in total. The van der Waals surface area contributed by atoms with Gasteiger partial charge in [-0.3, -0.25) is 9.78 Å². The Bertz CT molecular complexity index is 1360. The zero-order valence-electron chi connectivity index (χ0n) is 22.7. The average Bonchev–Trinajstić information content (AvgIpc) is 3.50. The number of allylic oxidation sites excluding steroid dienone is 3. The third-order valence-corrected chi connectivity index (χ3v) is 7.41. The van der Waals surface area contributed by atoms with Gasteiger partial charge in [0.25, 0.3) is 0 Å². The van der Waals surface area contributed by atoms with Crippen LogP contribution in [0.2, 0.25) is 0 Å². The van der Waals surface area contributed by atoms with E-state index in [1.807, 2.05) is 57.2 Å². The number of hydrogen-bond acceptors (Lipinski definition) is 5. The van der Waals surface area contributed by atoms with Crippen molar-refractivity contribution in [1.29, 1.82) is 0 Å². The van der Waals surface area contributed by atoms with Gasteiger partial charge in [0.2, 0.25) is 0 Å². The Hall–Kier alpha value is -3.33. The highest BCUT2D eigenvalue weighted by Crippen LogP contribution is 2.46. The molecule has 0 unspecified atom stereocenters. The number of aryl methyl sites for hydroxylation is 2. The summed E-state index contributed by atoms with van der Waals surface area (Å²) in [6, 6.07) is 7.25. The number of hydrogen-bond donors (Lipinski definition) is 2. The number of thioether (sulfide) groups is 1. The van der Waals surface area contributed by atoms with E-state index in [2.05, 4.69) is 40.7 Å². The number of nitrogens with zero attached hydrogens (tertiary/aromatic N) is 5. The highest BCUT2D eigenvalue weighted by atomic mass is 32.2. The number of anilines is 2. The van der Waals surface area contributed by atoms with Crippen molar-refractivity contribution in [2.24, 2.45) is 18.0 Å². The van der Waals surface area contributed by atoms with Gasteiger partial charge in [-0.15, -0.1) is 11.8 Å². The summed E-state index contributed by atoms with van der Waals surface area (Å²) >= 11 is 1.52. The Balaban J connectivity index is 1.87. The molecule has 0 radical (unpaired) electrons. The van der Waals surface area contributed by atoms with Crippen LogP contribution >= 0.6 is 11.8 Å². The minimum Gasteiger partial charge on any atom is -0.331 e. The summed E-state index contributed by atoms with van der Waals surface area (Å²) in [5.74, 6) is 2.19. The predicted octanol–water partition coefficient (Wildman–Crippen LogP) is 6.78. The normalized spacial score (nSPS) is 15.4. The standard InChI is InChI=1S/C28H36FN7S/c1-8-17(2)26(21-15-30-35(5)16-21)27(20-9-10-20)28(32-25-13-18(3)33-34-25)31-19(4)36(6)24-12-11-22(37-7)14-23(24)29/h11-16,20H,8-10H2,1-7H3,(H2,32,33,34)/b26-17+,28-27+,31-19+. The molecule has 2 heterocycles. The molecular formula is C28H36FN7S. The Morgan fingerprint density at radius 3 is 2.59 bits per heavy atom. The van der Waals surface area contributed by atoms with Crippen molar-refractivity contribution < 1.29 is 4.39 Å². The summed E-state index contributed by atoms with van der Waals surface area (Å²) in [6.07, 6.45) is 9.00. The Morgan fingerprint density at radius 2 is 2.05 bits per heavy atom. The third kappa shape index (κ3) is 6.15. The number of aromatic nitrogens is 4. The molecule has 37 heavy (non-hydrogen) atoms. The molecule has 0 bridgehead atoms. The summed E-state index contributed by atoms with van der Waals surface area (Å²) in [4.78, 5) is 7.78. The van der Waals surface area contributed by atoms with Gasteiger partial charge in [0.05, 0.1) is 11.9 Å². The molecule has 1 aliphatic rings. The van der Waals surface area contributed by atoms with Gasteiger partial charge in [0.1, 0.15) is 17.5 Å². The van der Waals surface area contributed by atoms with Crippen LogP contribution in [0.4, 0.5) is 15.9 Å². The summed E-state index contributed by atoms with van der Waals surface area (Å²) in [6.45, 7) is 8.22. The van der Waals surface area contributed by atoms with Gasteiger partial charge < -0.3 is 10.2 Å². The molecule has 0 atom stereocenters. The lowest BCUT2D eigenvalue weighted by molar-refractivity contribution is 0.624. The highest BCUT2D eigenvalue weighted by Gasteiger charge is 2.33. The van der Waals surface area contributed by atoms with E-state index in [-0.39, 0.29) is 5.82 Å². The van der Waals surface area contributed by atoms with Gasteiger partial charge in [-0.05, 0) is 76.0 Å². The lowest BCUT2D eigenvalue weighted by Crippen LogP contribution is -2.25. The molecule has 0 saturated heterocycles. The first-order valence-corrected chi connectivity index (χ1v) is 13.8. The van der Waals surface area contributed by atoms with E-state index in [4.69, 9.17) is 4.99 Å². The molecule has 9 heteroatoms. The Morgan fingerprint density at radius 1 is 1.30 bits per heavy atom. The average molecular weight is 522 g/mol. The maximum atomic E-state index is 15.0. The number of benzene rings is 1. The number of aliphatic imine (C=N–C) groups is 1. The number of H-pyrrole nitrogens is 1. The van der Waals surface area contributed by atoms with Crippen molar-refractivity contribution in [2.75, 3.05) is 23.5 Å². The molecule has 0 aliphatic heterocycles. The van der Waals surface area contributed by atoms with Crippen LogP contribution in [0, 0.1) is 18.7 Å². The topological polar surface area (TPSA) is 74.1 Å². The minimum atomic E-state index is -0.273. The fraction of sp³-hybridized carbons (Fsp3) is 0.393. The van der Waals surface area contributed by atoms with Gasteiger partial charge in [-0.1, -0.05) is 12.5 Å². The molecule has 3 aromatic rings. The lowest BCUT2D eigenvalue weighted by Gasteiger charge is -2.22. The van der Waals surface area contributed by atoms with E-state index >= 15 is 0 Å². The van der Waals surface area contributed by atoms with E-state index in [9.17, 15) is 4.39 Å². The van der Waals surface area contributed by atoms with Crippen molar-refractivity contribution in [3.05, 3.63) is 70.7 Å². The predicted molar refractivity (Wildman–Crippen MR) is 152 cm³/mol. The second-order valence-electron chi connectivity index (χ2n) is 9.54. The maximum Gasteiger partial charge on any atom is 0.153 e. The molecule has 1 aliphatic carbocycles. The fourth-order valence-electron chi connectivity index (χ4n) is 4.30. The summed E-state index contributed by atoms with van der Waals surface area (Å²) in [7, 11) is 3.78. The quantitative estimate of drug-likeness (QED) is 0.140. The first kappa shape index (κ1) is 26.7. The molecule has 2 aromatic heterocycles. The van der Waals surface area contributed by atoms with Crippen molar-refractivity contribution in [2.45, 2.75) is 51.9 Å². The highest BCUT2D eigenvalue weighted by molar-refractivity contribution is 7.98. The van der Waals surface area contributed by atoms with Crippen LogP contribution in [0.5, 0.6) is 0 Å². The molecule has 1 saturated carbocycles. The molecule has 0 amide bonds. The zero-order chi connectivity index (χ0) is 26.7. The molecule has 1 fully saturated rings. The van der Waals surface area contributed by atoms with E-state index in [1.165, 1.54) is 22.9 Å². The molecular weight excluding hydrogens is 485 g/mol. The van der Waals surface area contributed by atoms with Gasteiger partial charge in [0.15, 0.2) is 5.82 Å². The van der Waals surface area contributed by atoms with E-state index in [0.717, 1.165) is 46.8 Å². The lowest BCUT2D eigenvalue weighted by atomic mass is 9.91. The van der Waals surface area contributed by atoms with E-state index < -0.39 is 0 Å². The van der Waals surface area contributed by atoms with Gasteiger partial charge in [-0.2, -0.15) is 10.2 Å². The minimum absolute atomic E-state index is 0.273. The van der Waals surface area contributed by atoms with E-state index in [1.54, 1.807) is 17.0 Å². The van der Waals surface area contributed by atoms with Gasteiger partial charge >= 0.3 is 0 Å². The molecule has 0 spiro atoms. The summed E-state index contributed by atoms with van der Waals surface area (Å²) < 4.78 is 16.8. The smallest absolute Gasteiger partial charge is 0.153 e. The number of nitrogens with one attached hydrogen (secondary N) is 2. The summed E-state index contributed by atoms with van der Waals surface area (Å²) in [5, 5.41) is 15.4. The molecule has 4 rings (SSSR count). The SMILES string of the molecule is CC/C(C)=C(/C(=C(\N=C(/C)N(C)c1ccc(SC)cc1F)Nc1cc(C)[nH]n1)C1CC1)c1cnn(C)c1. The molecule has 196 valence electrons. The van der Waals surface area contributed by atoms with Crippen molar-refractivity contribution in [1.82, 2.24) is 20.0 Å². The molecule has 1 aromatic carbocycles. The second kappa shape index (κ2) is 11.4. The van der Waals surface area contributed by atoms with Crippen LogP contribution in [0.25, 0.3) is 5.57 Å². The maximum absolute atomic E-state index is 15.0. The first-order chi connectivity index (χ1) is 17.7. The van der Waals surface area contributed by atoms with Crippen LogP contribution in [0.1, 0.15) is 51.3 Å². The van der Waals surface area contributed by atoms with Crippen LogP contribution in [-0.4, -0.2) is 39.1 Å². The van der Waals surface area contributed by atoms with Gasteiger partial charge in [-0.25, -0.2) is 9.38 Å². The third-order valence-electron chi connectivity index (χ3n) is 6.69. The van der Waals surface area contributed by atoms with Crippen molar-refractivity contribution >= 4 is 34.7 Å². The van der Waals surface area contributed by atoms with E-state index in [0.29, 0.717) is 23.3 Å². The first-order valence-electron chi connectivity index (χ1n) is 12.6. The van der Waals surface area contributed by atoms with Crippen LogP contribution < -0.4 is 10.2 Å². The van der Waals surface area contributed by atoms with Crippen LogP contribution in [0.3, 0.4) is 0 Å². The fourth-order valence-corrected chi connectivity index (χ4v) is 4.73. The van der Waals surface area contributed by atoms with Gasteiger partial charge in [0, 0.05) is 48.1 Å². The zero-order valence-corrected chi connectivity index (χ0v) is 23.5. The van der Waals surface area contributed by atoms with Crippen molar-refractivity contribution in [3.63, 3.8) is 0 Å². The number of aromatic amines is 1. The Kier molecular flexibility index (Phi) is 8.22. The number of amidine groups is 1. The number of halogens is 1. The largest absolute Gasteiger partial charge is 0.331 e. The molecule has 2 N–H and O–H groups in total. The number of rotatable bonds is 9. The monoisotopic (exact) mass is 521 g/mol. The van der Waals surface area contributed by atoms with Crippen molar-refractivity contribution in [3.8, 4) is 0 Å². The van der Waals surface area contributed by atoms with Crippen LogP contribution in [-0.2, 0) is 7.05 Å². The second-order valence-corrected chi connectivity index (χ2v) is 10.4. The van der Waals surface area contributed by atoms with Crippen LogP contribution in [0.15, 0.2) is 63.5 Å². The summed E-state index contributed by atoms with van der Waals surface area (Å²) in [5.41, 5.74) is 6.10. The Labute approximate surface area is 222 Å².